The molecule has 0 aliphatic carbocycles. The summed E-state index contributed by atoms with van der Waals surface area (Å²) in [5, 5.41) is 9.72. The second-order valence-electron chi connectivity index (χ2n) is 4.29. The Labute approximate surface area is 127 Å². The molecule has 0 saturated heterocycles. The number of hydrogen-bond acceptors (Lipinski definition) is 3. The van der Waals surface area contributed by atoms with Crippen molar-refractivity contribution in [1.82, 2.24) is 20.4 Å². The average molecular weight is 307 g/mol. The molecule has 0 unspecified atom stereocenters. The fourth-order valence-corrected chi connectivity index (χ4v) is 1.94. The van der Waals surface area contributed by atoms with E-state index in [1.165, 1.54) is 4.68 Å². The molecule has 2 rings (SSSR count). The molecule has 7 heteroatoms. The molecule has 1 heterocycles. The predicted molar refractivity (Wildman–Crippen MR) is 79.0 cm³/mol. The van der Waals surface area contributed by atoms with Crippen LogP contribution in [0, 0.1) is 0 Å². The first-order chi connectivity index (χ1) is 10.2. The molecule has 2 N–H and O–H groups in total. The summed E-state index contributed by atoms with van der Waals surface area (Å²) < 4.78 is 1.53. The third kappa shape index (κ3) is 4.61. The van der Waals surface area contributed by atoms with Crippen LogP contribution in [-0.2, 0) is 11.3 Å². The lowest BCUT2D eigenvalue weighted by Crippen LogP contribution is -2.36. The van der Waals surface area contributed by atoms with Crippen LogP contribution in [0.2, 0.25) is 5.02 Å². The van der Waals surface area contributed by atoms with Gasteiger partial charge in [-0.1, -0.05) is 23.7 Å². The summed E-state index contributed by atoms with van der Waals surface area (Å²) in [6, 6.07) is 8.55. The summed E-state index contributed by atoms with van der Waals surface area (Å²) in [5.74, 6) is -0.424. The van der Waals surface area contributed by atoms with Crippen LogP contribution in [0.3, 0.4) is 0 Å². The van der Waals surface area contributed by atoms with Gasteiger partial charge in [0.1, 0.15) is 6.54 Å². The first kappa shape index (κ1) is 15.1. The Bertz CT molecular complexity index is 613. The van der Waals surface area contributed by atoms with Gasteiger partial charge in [0.15, 0.2) is 0 Å². The quantitative estimate of drug-likeness (QED) is 0.784. The van der Waals surface area contributed by atoms with Crippen LogP contribution in [0.15, 0.2) is 42.7 Å². The van der Waals surface area contributed by atoms with E-state index in [2.05, 4.69) is 15.7 Å². The monoisotopic (exact) mass is 306 g/mol. The minimum Gasteiger partial charge on any atom is -0.353 e. The van der Waals surface area contributed by atoms with Crippen molar-refractivity contribution >= 4 is 23.4 Å². The highest BCUT2D eigenvalue weighted by Gasteiger charge is 2.08. The first-order valence-electron chi connectivity index (χ1n) is 6.43. The second-order valence-corrected chi connectivity index (χ2v) is 4.70. The van der Waals surface area contributed by atoms with Crippen molar-refractivity contribution in [3.05, 3.63) is 53.3 Å². The van der Waals surface area contributed by atoms with Gasteiger partial charge in [-0.15, -0.1) is 0 Å². The standard InChI is InChI=1S/C14H15ClN4O2/c15-12-5-2-1-4-11(12)14(21)17-8-7-16-13(20)10-19-9-3-6-18-19/h1-6,9H,7-8,10H2,(H,16,20)(H,17,21). The van der Waals surface area contributed by atoms with E-state index in [-0.39, 0.29) is 18.4 Å². The summed E-state index contributed by atoms with van der Waals surface area (Å²) in [7, 11) is 0. The minimum atomic E-state index is -0.262. The molecule has 0 radical (unpaired) electrons. The smallest absolute Gasteiger partial charge is 0.252 e. The van der Waals surface area contributed by atoms with Crippen LogP contribution in [0.4, 0.5) is 0 Å². The Kier molecular flexibility index (Phi) is 5.34. The van der Waals surface area contributed by atoms with Crippen LogP contribution in [0.1, 0.15) is 10.4 Å². The molecule has 0 aliphatic rings. The van der Waals surface area contributed by atoms with Crippen molar-refractivity contribution in [3.8, 4) is 0 Å². The van der Waals surface area contributed by atoms with Crippen molar-refractivity contribution in [1.29, 1.82) is 0 Å². The van der Waals surface area contributed by atoms with Gasteiger partial charge < -0.3 is 10.6 Å². The molecule has 0 bridgehead atoms. The van der Waals surface area contributed by atoms with E-state index in [0.29, 0.717) is 23.7 Å². The predicted octanol–water partition coefficient (Wildman–Crippen LogP) is 1.08. The highest BCUT2D eigenvalue weighted by molar-refractivity contribution is 6.33. The van der Waals surface area contributed by atoms with E-state index >= 15 is 0 Å². The van der Waals surface area contributed by atoms with Crippen LogP contribution < -0.4 is 10.6 Å². The highest BCUT2D eigenvalue weighted by atomic mass is 35.5. The van der Waals surface area contributed by atoms with Crippen molar-refractivity contribution in [2.45, 2.75) is 6.54 Å². The molecular formula is C14H15ClN4O2. The van der Waals surface area contributed by atoms with Gasteiger partial charge >= 0.3 is 0 Å². The Balaban J connectivity index is 1.69. The van der Waals surface area contributed by atoms with Crippen molar-refractivity contribution in [2.75, 3.05) is 13.1 Å². The molecule has 21 heavy (non-hydrogen) atoms. The Morgan fingerprint density at radius 2 is 1.90 bits per heavy atom. The van der Waals surface area contributed by atoms with Gasteiger partial charge in [-0.05, 0) is 18.2 Å². The number of halogens is 1. The lowest BCUT2D eigenvalue weighted by Gasteiger charge is -2.08. The van der Waals surface area contributed by atoms with Crippen LogP contribution in [0.5, 0.6) is 0 Å². The van der Waals surface area contributed by atoms with Crippen molar-refractivity contribution in [3.63, 3.8) is 0 Å². The number of amides is 2. The number of hydrogen-bond donors (Lipinski definition) is 2. The number of aromatic nitrogens is 2. The number of benzene rings is 1. The normalized spacial score (nSPS) is 10.1. The van der Waals surface area contributed by atoms with E-state index in [1.54, 1.807) is 42.7 Å². The van der Waals surface area contributed by atoms with Gasteiger partial charge in [0, 0.05) is 25.5 Å². The zero-order chi connectivity index (χ0) is 15.1. The van der Waals surface area contributed by atoms with E-state index in [0.717, 1.165) is 0 Å². The highest BCUT2D eigenvalue weighted by Crippen LogP contribution is 2.14. The molecule has 0 spiro atoms. The largest absolute Gasteiger partial charge is 0.353 e. The third-order valence-corrected chi connectivity index (χ3v) is 3.05. The van der Waals surface area contributed by atoms with E-state index < -0.39 is 0 Å². The van der Waals surface area contributed by atoms with E-state index in [1.807, 2.05) is 0 Å². The summed E-state index contributed by atoms with van der Waals surface area (Å²) in [6.07, 6.45) is 3.32. The van der Waals surface area contributed by atoms with Gasteiger partial charge in [-0.3, -0.25) is 14.3 Å². The molecule has 1 aromatic carbocycles. The summed E-state index contributed by atoms with van der Waals surface area (Å²) in [4.78, 5) is 23.4. The number of nitrogens with zero attached hydrogens (tertiary/aromatic N) is 2. The Hall–Kier alpha value is -2.34. The molecule has 6 nitrogen and oxygen atoms in total. The first-order valence-corrected chi connectivity index (χ1v) is 6.81. The lowest BCUT2D eigenvalue weighted by atomic mass is 10.2. The van der Waals surface area contributed by atoms with E-state index in [4.69, 9.17) is 11.6 Å². The fourth-order valence-electron chi connectivity index (χ4n) is 1.72. The molecule has 2 amide bonds. The zero-order valence-electron chi connectivity index (χ0n) is 11.3. The third-order valence-electron chi connectivity index (χ3n) is 2.72. The zero-order valence-corrected chi connectivity index (χ0v) is 12.0. The van der Waals surface area contributed by atoms with E-state index in [9.17, 15) is 9.59 Å². The summed E-state index contributed by atoms with van der Waals surface area (Å²) in [5.41, 5.74) is 0.419. The van der Waals surface area contributed by atoms with Crippen molar-refractivity contribution in [2.24, 2.45) is 0 Å². The topological polar surface area (TPSA) is 76.0 Å². The van der Waals surface area contributed by atoms with Gasteiger partial charge in [-0.2, -0.15) is 5.10 Å². The van der Waals surface area contributed by atoms with Crippen LogP contribution >= 0.6 is 11.6 Å². The second kappa shape index (κ2) is 7.44. The van der Waals surface area contributed by atoms with Gasteiger partial charge in [0.2, 0.25) is 5.91 Å². The van der Waals surface area contributed by atoms with Crippen molar-refractivity contribution < 1.29 is 9.59 Å². The maximum atomic E-state index is 11.8. The number of rotatable bonds is 6. The SMILES string of the molecule is O=C(Cn1cccn1)NCCNC(=O)c1ccccc1Cl. The van der Waals surface area contributed by atoms with Gasteiger partial charge in [0.25, 0.3) is 5.91 Å². The Morgan fingerprint density at radius 3 is 2.62 bits per heavy atom. The molecule has 110 valence electrons. The molecule has 0 aliphatic heterocycles. The minimum absolute atomic E-state index is 0.158. The molecule has 2 aromatic rings. The average Bonchev–Trinajstić information content (AvgIpc) is 2.96. The lowest BCUT2D eigenvalue weighted by molar-refractivity contribution is -0.121. The number of carbonyl (C=O) groups is 2. The molecule has 0 atom stereocenters. The summed E-state index contributed by atoms with van der Waals surface area (Å²) >= 11 is 5.92. The number of carbonyl (C=O) groups excluding carboxylic acids is 2. The molecular weight excluding hydrogens is 292 g/mol. The number of nitrogens with one attached hydrogen (secondary N) is 2. The molecule has 1 aromatic heterocycles. The van der Waals surface area contributed by atoms with Crippen LogP contribution in [-0.4, -0.2) is 34.7 Å². The van der Waals surface area contributed by atoms with Gasteiger partial charge in [0.05, 0.1) is 10.6 Å². The van der Waals surface area contributed by atoms with Crippen LogP contribution in [0.25, 0.3) is 0 Å². The Morgan fingerprint density at radius 1 is 1.14 bits per heavy atom. The fraction of sp³-hybridized carbons (Fsp3) is 0.214. The maximum absolute atomic E-state index is 11.8. The molecule has 0 saturated carbocycles. The van der Waals surface area contributed by atoms with Gasteiger partial charge in [-0.25, -0.2) is 0 Å². The molecule has 0 fully saturated rings. The maximum Gasteiger partial charge on any atom is 0.252 e. The summed E-state index contributed by atoms with van der Waals surface area (Å²) in [6.45, 7) is 0.830.